The maximum absolute atomic E-state index is 11.2. The van der Waals surface area contributed by atoms with Gasteiger partial charge in [-0.3, -0.25) is 0 Å². The fourth-order valence-electron chi connectivity index (χ4n) is 2.33. The summed E-state index contributed by atoms with van der Waals surface area (Å²) in [4.78, 5) is 11.2. The van der Waals surface area contributed by atoms with Crippen LogP contribution in [-0.2, 0) is 4.79 Å². The number of halogens is 1. The van der Waals surface area contributed by atoms with Crippen LogP contribution >= 0.6 is 11.6 Å². The minimum atomic E-state index is 0.00469. The number of carbonyl (C=O) groups excluding carboxylic acids is 1. The summed E-state index contributed by atoms with van der Waals surface area (Å²) in [6.45, 7) is 2.01. The lowest BCUT2D eigenvalue weighted by molar-refractivity contribution is -0.110. The molecule has 86 valence electrons. The van der Waals surface area contributed by atoms with Gasteiger partial charge in [0.25, 0.3) is 0 Å². The van der Waals surface area contributed by atoms with Crippen molar-refractivity contribution < 1.29 is 4.79 Å². The number of rotatable bonds is 3. The summed E-state index contributed by atoms with van der Waals surface area (Å²) in [5, 5.41) is 4.06. The Labute approximate surface area is 101 Å². The monoisotopic (exact) mass is 237 g/mol. The first-order valence-corrected chi connectivity index (χ1v) is 6.10. The van der Waals surface area contributed by atoms with E-state index in [0.717, 1.165) is 42.8 Å². The van der Waals surface area contributed by atoms with Crippen LogP contribution in [0.15, 0.2) is 24.3 Å². The molecule has 1 N–H and O–H groups in total. The van der Waals surface area contributed by atoms with Gasteiger partial charge in [-0.1, -0.05) is 23.7 Å². The minimum Gasteiger partial charge on any atom is -0.316 e. The molecule has 3 heteroatoms. The van der Waals surface area contributed by atoms with Gasteiger partial charge in [0.15, 0.2) is 0 Å². The Hall–Kier alpha value is -0.860. The molecule has 0 aromatic heterocycles. The molecule has 2 rings (SSSR count). The fourth-order valence-corrected chi connectivity index (χ4v) is 2.46. The zero-order chi connectivity index (χ0) is 11.4. The zero-order valence-electron chi connectivity index (χ0n) is 9.16. The molecule has 16 heavy (non-hydrogen) atoms. The van der Waals surface area contributed by atoms with E-state index >= 15 is 0 Å². The summed E-state index contributed by atoms with van der Waals surface area (Å²) < 4.78 is 0. The Balaban J connectivity index is 2.14. The first-order valence-electron chi connectivity index (χ1n) is 5.72. The number of piperidine rings is 1. The second-order valence-corrected chi connectivity index (χ2v) is 4.76. The Morgan fingerprint density at radius 3 is 2.69 bits per heavy atom. The highest BCUT2D eigenvalue weighted by atomic mass is 35.5. The molecule has 1 aliphatic heterocycles. The van der Waals surface area contributed by atoms with Crippen molar-refractivity contribution in [3.05, 3.63) is 34.9 Å². The SMILES string of the molecule is O=CC(c1ccc(Cl)cc1)C1CCCNC1. The van der Waals surface area contributed by atoms with Gasteiger partial charge in [0.2, 0.25) is 0 Å². The van der Waals surface area contributed by atoms with E-state index in [1.807, 2.05) is 24.3 Å². The van der Waals surface area contributed by atoms with Gasteiger partial charge in [-0.05, 0) is 49.5 Å². The molecular formula is C13H16ClNO. The third-order valence-electron chi connectivity index (χ3n) is 3.24. The first-order chi connectivity index (χ1) is 7.81. The normalized spacial score (nSPS) is 22.7. The summed E-state index contributed by atoms with van der Waals surface area (Å²) in [6, 6.07) is 7.61. The number of hydrogen-bond donors (Lipinski definition) is 1. The average molecular weight is 238 g/mol. The first kappa shape index (κ1) is 11.6. The summed E-state index contributed by atoms with van der Waals surface area (Å²) in [6.07, 6.45) is 3.35. The van der Waals surface area contributed by atoms with Gasteiger partial charge in [0.1, 0.15) is 6.29 Å². The van der Waals surface area contributed by atoms with Crippen LogP contribution in [0.3, 0.4) is 0 Å². The van der Waals surface area contributed by atoms with Crippen LogP contribution in [-0.4, -0.2) is 19.4 Å². The molecular weight excluding hydrogens is 222 g/mol. The largest absolute Gasteiger partial charge is 0.316 e. The van der Waals surface area contributed by atoms with Crippen molar-refractivity contribution in [1.29, 1.82) is 0 Å². The Kier molecular flexibility index (Phi) is 3.97. The van der Waals surface area contributed by atoms with E-state index in [2.05, 4.69) is 5.32 Å². The van der Waals surface area contributed by atoms with Crippen molar-refractivity contribution in [3.8, 4) is 0 Å². The van der Waals surface area contributed by atoms with Crippen molar-refractivity contribution in [2.45, 2.75) is 18.8 Å². The van der Waals surface area contributed by atoms with Crippen molar-refractivity contribution in [1.82, 2.24) is 5.32 Å². The van der Waals surface area contributed by atoms with E-state index in [0.29, 0.717) is 5.92 Å². The fraction of sp³-hybridized carbons (Fsp3) is 0.462. The smallest absolute Gasteiger partial charge is 0.127 e. The van der Waals surface area contributed by atoms with Crippen LogP contribution in [0, 0.1) is 5.92 Å². The Bertz CT molecular complexity index is 343. The molecule has 0 aliphatic carbocycles. The van der Waals surface area contributed by atoms with Crippen LogP contribution in [0.1, 0.15) is 24.3 Å². The van der Waals surface area contributed by atoms with Crippen LogP contribution in [0.5, 0.6) is 0 Å². The van der Waals surface area contributed by atoms with E-state index in [-0.39, 0.29) is 5.92 Å². The van der Waals surface area contributed by atoms with Crippen LogP contribution in [0.4, 0.5) is 0 Å². The van der Waals surface area contributed by atoms with Crippen molar-refractivity contribution in [2.24, 2.45) is 5.92 Å². The van der Waals surface area contributed by atoms with Gasteiger partial charge in [-0.2, -0.15) is 0 Å². The van der Waals surface area contributed by atoms with E-state index in [1.54, 1.807) is 0 Å². The molecule has 0 radical (unpaired) electrons. The van der Waals surface area contributed by atoms with E-state index < -0.39 is 0 Å². The average Bonchev–Trinajstić information content (AvgIpc) is 2.34. The van der Waals surface area contributed by atoms with Gasteiger partial charge in [-0.25, -0.2) is 0 Å². The van der Waals surface area contributed by atoms with Crippen molar-refractivity contribution >= 4 is 17.9 Å². The molecule has 1 aliphatic rings. The lowest BCUT2D eigenvalue weighted by Gasteiger charge is -2.27. The molecule has 1 saturated heterocycles. The van der Waals surface area contributed by atoms with Crippen LogP contribution in [0.2, 0.25) is 5.02 Å². The third-order valence-corrected chi connectivity index (χ3v) is 3.50. The molecule has 0 spiro atoms. The lowest BCUT2D eigenvalue weighted by atomic mass is 9.82. The Morgan fingerprint density at radius 1 is 1.38 bits per heavy atom. The highest BCUT2D eigenvalue weighted by Gasteiger charge is 2.24. The minimum absolute atomic E-state index is 0.00469. The lowest BCUT2D eigenvalue weighted by Crippen LogP contribution is -2.33. The summed E-state index contributed by atoms with van der Waals surface area (Å²) >= 11 is 5.84. The second kappa shape index (κ2) is 5.46. The number of aldehydes is 1. The van der Waals surface area contributed by atoms with Crippen molar-refractivity contribution in [3.63, 3.8) is 0 Å². The van der Waals surface area contributed by atoms with Crippen molar-refractivity contribution in [2.75, 3.05) is 13.1 Å². The summed E-state index contributed by atoms with van der Waals surface area (Å²) in [5.74, 6) is 0.428. The predicted octanol–water partition coefficient (Wildman–Crippen LogP) is 2.62. The van der Waals surface area contributed by atoms with Crippen LogP contribution in [0.25, 0.3) is 0 Å². The number of carbonyl (C=O) groups is 1. The topological polar surface area (TPSA) is 29.1 Å². The van der Waals surface area contributed by atoms with E-state index in [9.17, 15) is 4.79 Å². The molecule has 2 atom stereocenters. The standard InChI is InChI=1S/C13H16ClNO/c14-12-5-3-10(4-6-12)13(9-16)11-2-1-7-15-8-11/h3-6,9,11,13,15H,1-2,7-8H2. The molecule has 1 aromatic rings. The molecule has 2 unspecified atom stereocenters. The number of nitrogens with one attached hydrogen (secondary N) is 1. The quantitative estimate of drug-likeness (QED) is 0.819. The van der Waals surface area contributed by atoms with Gasteiger partial charge >= 0.3 is 0 Å². The van der Waals surface area contributed by atoms with E-state index in [1.165, 1.54) is 0 Å². The maximum Gasteiger partial charge on any atom is 0.127 e. The number of hydrogen-bond acceptors (Lipinski definition) is 2. The van der Waals surface area contributed by atoms with Gasteiger partial charge in [-0.15, -0.1) is 0 Å². The summed E-state index contributed by atoms with van der Waals surface area (Å²) in [7, 11) is 0. The third kappa shape index (κ3) is 2.63. The van der Waals surface area contributed by atoms with Gasteiger partial charge in [0, 0.05) is 10.9 Å². The van der Waals surface area contributed by atoms with Gasteiger partial charge < -0.3 is 10.1 Å². The molecule has 0 bridgehead atoms. The zero-order valence-corrected chi connectivity index (χ0v) is 9.91. The second-order valence-electron chi connectivity index (χ2n) is 4.32. The molecule has 2 nitrogen and oxygen atoms in total. The summed E-state index contributed by atoms with van der Waals surface area (Å²) in [5.41, 5.74) is 1.08. The van der Waals surface area contributed by atoms with E-state index in [4.69, 9.17) is 11.6 Å². The maximum atomic E-state index is 11.2. The highest BCUT2D eigenvalue weighted by Crippen LogP contribution is 2.28. The molecule has 1 aromatic carbocycles. The van der Waals surface area contributed by atoms with Gasteiger partial charge in [0.05, 0.1) is 0 Å². The molecule has 1 fully saturated rings. The molecule has 1 heterocycles. The number of benzene rings is 1. The van der Waals surface area contributed by atoms with Crippen LogP contribution < -0.4 is 5.32 Å². The predicted molar refractivity (Wildman–Crippen MR) is 65.9 cm³/mol. The Morgan fingerprint density at radius 2 is 2.12 bits per heavy atom. The molecule has 0 amide bonds. The molecule has 0 saturated carbocycles. The highest BCUT2D eigenvalue weighted by molar-refractivity contribution is 6.30.